The molecule has 168 valence electrons. The number of hydrogen-bond donors (Lipinski definition) is 0. The van der Waals surface area contributed by atoms with E-state index in [0.717, 1.165) is 17.7 Å². The lowest BCUT2D eigenvalue weighted by Gasteiger charge is -2.44. The van der Waals surface area contributed by atoms with Crippen LogP contribution >= 0.6 is 11.6 Å². The number of piperazine rings is 1. The van der Waals surface area contributed by atoms with Gasteiger partial charge < -0.3 is 14.4 Å². The Hall–Kier alpha value is -2.15. The number of ether oxygens (including phenoxy) is 2. The highest BCUT2D eigenvalue weighted by atomic mass is 35.5. The van der Waals surface area contributed by atoms with Crippen LogP contribution in [0.15, 0.2) is 48.7 Å². The van der Waals surface area contributed by atoms with Gasteiger partial charge >= 0.3 is 6.09 Å². The molecule has 2 heterocycles. The molecule has 1 saturated heterocycles. The third kappa shape index (κ3) is 6.42. The lowest BCUT2D eigenvalue weighted by Crippen LogP contribution is -2.57. The van der Waals surface area contributed by atoms with Crippen LogP contribution in [0.1, 0.15) is 44.5 Å². The largest absolute Gasteiger partial charge is 0.444 e. The molecule has 0 bridgehead atoms. The zero-order valence-corrected chi connectivity index (χ0v) is 19.5. The predicted molar refractivity (Wildman–Crippen MR) is 122 cm³/mol. The summed E-state index contributed by atoms with van der Waals surface area (Å²) >= 11 is 6.13. The smallest absolute Gasteiger partial charge is 0.410 e. The van der Waals surface area contributed by atoms with E-state index < -0.39 is 5.60 Å². The molecule has 1 aromatic heterocycles. The van der Waals surface area contributed by atoms with Gasteiger partial charge in [0.25, 0.3) is 0 Å². The van der Waals surface area contributed by atoms with Crippen molar-refractivity contribution < 1.29 is 14.3 Å². The molecule has 7 heteroatoms. The van der Waals surface area contributed by atoms with Gasteiger partial charge in [-0.15, -0.1) is 0 Å². The summed E-state index contributed by atoms with van der Waals surface area (Å²) < 4.78 is 11.0. The minimum Gasteiger partial charge on any atom is -0.444 e. The molecule has 1 unspecified atom stereocenters. The average molecular weight is 446 g/mol. The summed E-state index contributed by atoms with van der Waals surface area (Å²) in [6.45, 7) is 8.25. The number of benzene rings is 1. The van der Waals surface area contributed by atoms with Crippen molar-refractivity contribution in [2.45, 2.75) is 44.9 Å². The molecule has 0 N–H and O–H groups in total. The molecule has 0 radical (unpaired) electrons. The molecule has 2 aromatic rings. The van der Waals surface area contributed by atoms with Gasteiger partial charge in [0.1, 0.15) is 5.60 Å². The molecule has 0 saturated carbocycles. The number of halogens is 1. The van der Waals surface area contributed by atoms with Crippen LogP contribution in [0.5, 0.6) is 0 Å². The number of aromatic nitrogens is 1. The minimum absolute atomic E-state index is 0.0120. The van der Waals surface area contributed by atoms with E-state index in [4.69, 9.17) is 21.1 Å². The van der Waals surface area contributed by atoms with Crippen molar-refractivity contribution in [3.05, 3.63) is 64.9 Å². The van der Waals surface area contributed by atoms with Crippen LogP contribution in [0.4, 0.5) is 4.79 Å². The summed E-state index contributed by atoms with van der Waals surface area (Å²) in [5, 5.41) is 0.705. The summed E-state index contributed by atoms with van der Waals surface area (Å²) in [6.07, 6.45) is 2.29. The highest BCUT2D eigenvalue weighted by Gasteiger charge is 2.36. The Morgan fingerprint density at radius 2 is 1.94 bits per heavy atom. The number of pyridine rings is 1. The number of amides is 1. The van der Waals surface area contributed by atoms with Crippen molar-refractivity contribution in [2.24, 2.45) is 0 Å². The minimum atomic E-state index is -0.528. The fourth-order valence-electron chi connectivity index (χ4n) is 3.93. The number of carbonyl (C=O) groups excluding carboxylic acids is 1. The average Bonchev–Trinajstić information content (AvgIpc) is 2.73. The van der Waals surface area contributed by atoms with Gasteiger partial charge in [-0.25, -0.2) is 4.79 Å². The first-order chi connectivity index (χ1) is 14.8. The van der Waals surface area contributed by atoms with Crippen molar-refractivity contribution >= 4 is 17.7 Å². The lowest BCUT2D eigenvalue weighted by molar-refractivity contribution is -0.0107. The second kappa shape index (κ2) is 10.4. The first-order valence-corrected chi connectivity index (χ1v) is 11.1. The van der Waals surface area contributed by atoms with Gasteiger partial charge in [0.2, 0.25) is 0 Å². The van der Waals surface area contributed by atoms with Crippen LogP contribution in [0, 0.1) is 0 Å². The van der Waals surface area contributed by atoms with E-state index in [1.807, 2.05) is 74.3 Å². The van der Waals surface area contributed by atoms with Gasteiger partial charge in [-0.05, 0) is 57.0 Å². The van der Waals surface area contributed by atoms with E-state index in [-0.39, 0.29) is 18.2 Å². The Kier molecular flexibility index (Phi) is 7.92. The molecular formula is C24H32ClN3O3. The van der Waals surface area contributed by atoms with Gasteiger partial charge in [0.15, 0.2) is 0 Å². The van der Waals surface area contributed by atoms with E-state index in [2.05, 4.69) is 9.88 Å². The zero-order chi connectivity index (χ0) is 22.4. The number of methoxy groups -OCH3 is 1. The van der Waals surface area contributed by atoms with Crippen molar-refractivity contribution in [3.63, 3.8) is 0 Å². The quantitative estimate of drug-likeness (QED) is 0.640. The summed E-state index contributed by atoms with van der Waals surface area (Å²) in [5.74, 6) is 0. The molecular weight excluding hydrogens is 414 g/mol. The normalized spacial score (nSPS) is 18.6. The Balaban J connectivity index is 1.87. The summed E-state index contributed by atoms with van der Waals surface area (Å²) in [7, 11) is 1.68. The van der Waals surface area contributed by atoms with Crippen LogP contribution < -0.4 is 0 Å². The molecule has 2 atom stereocenters. The van der Waals surface area contributed by atoms with Crippen molar-refractivity contribution in [2.75, 3.05) is 33.4 Å². The zero-order valence-electron chi connectivity index (χ0n) is 18.8. The number of nitrogens with zero attached hydrogens (tertiary/aromatic N) is 3. The van der Waals surface area contributed by atoms with E-state index in [1.165, 1.54) is 0 Å². The maximum atomic E-state index is 12.9. The molecule has 6 nitrogen and oxygen atoms in total. The van der Waals surface area contributed by atoms with Crippen molar-refractivity contribution in [1.29, 1.82) is 0 Å². The first-order valence-electron chi connectivity index (χ1n) is 10.7. The highest BCUT2D eigenvalue weighted by Crippen LogP contribution is 2.31. The molecule has 0 aliphatic carbocycles. The Morgan fingerprint density at radius 3 is 2.55 bits per heavy atom. The summed E-state index contributed by atoms with van der Waals surface area (Å²) in [6, 6.07) is 13.8. The third-order valence-corrected chi connectivity index (χ3v) is 5.57. The summed E-state index contributed by atoms with van der Waals surface area (Å²) in [5.41, 5.74) is 1.57. The molecule has 1 aliphatic rings. The van der Waals surface area contributed by atoms with Crippen LogP contribution in [-0.2, 0) is 9.47 Å². The molecule has 3 rings (SSSR count). The van der Waals surface area contributed by atoms with Gasteiger partial charge in [-0.2, -0.15) is 0 Å². The third-order valence-electron chi connectivity index (χ3n) is 5.32. The lowest BCUT2D eigenvalue weighted by atomic mass is 9.98. The molecule has 1 aliphatic heterocycles. The van der Waals surface area contributed by atoms with Crippen LogP contribution in [0.2, 0.25) is 5.02 Å². The van der Waals surface area contributed by atoms with E-state index >= 15 is 0 Å². The Labute approximate surface area is 190 Å². The van der Waals surface area contributed by atoms with E-state index in [9.17, 15) is 4.79 Å². The maximum Gasteiger partial charge on any atom is 0.410 e. The molecule has 31 heavy (non-hydrogen) atoms. The van der Waals surface area contributed by atoms with Gasteiger partial charge in [0.05, 0.1) is 17.8 Å². The topological polar surface area (TPSA) is 54.9 Å². The number of carbonyl (C=O) groups is 1. The van der Waals surface area contributed by atoms with Crippen LogP contribution in [0.3, 0.4) is 0 Å². The fraction of sp³-hybridized carbons (Fsp3) is 0.500. The van der Waals surface area contributed by atoms with Crippen molar-refractivity contribution in [1.82, 2.24) is 14.8 Å². The molecule has 1 fully saturated rings. The maximum absolute atomic E-state index is 12.9. The Morgan fingerprint density at radius 1 is 1.19 bits per heavy atom. The van der Waals surface area contributed by atoms with Gasteiger partial charge in [-0.3, -0.25) is 9.88 Å². The standard InChI is InChI=1S/C24H32ClN3O3/c1-24(2,3)31-23(29)28-15-14-27(17-20(28)12-16-30-4)22(21-7-5-6-13-26-21)18-8-10-19(25)11-9-18/h5-11,13,20,22H,12,14-17H2,1-4H3/t20-,22?/m0/s1. The first kappa shape index (κ1) is 23.5. The van der Waals surface area contributed by atoms with Gasteiger partial charge in [0, 0.05) is 44.6 Å². The Bertz CT molecular complexity index is 839. The fourth-order valence-corrected chi connectivity index (χ4v) is 4.05. The molecule has 1 aromatic carbocycles. The monoisotopic (exact) mass is 445 g/mol. The number of hydrogen-bond acceptors (Lipinski definition) is 5. The molecule has 1 amide bonds. The highest BCUT2D eigenvalue weighted by molar-refractivity contribution is 6.30. The van der Waals surface area contributed by atoms with Gasteiger partial charge in [-0.1, -0.05) is 29.8 Å². The van der Waals surface area contributed by atoms with E-state index in [1.54, 1.807) is 7.11 Å². The number of rotatable bonds is 6. The van der Waals surface area contributed by atoms with Crippen LogP contribution in [-0.4, -0.2) is 65.9 Å². The van der Waals surface area contributed by atoms with E-state index in [0.29, 0.717) is 31.3 Å². The van der Waals surface area contributed by atoms with Crippen molar-refractivity contribution in [3.8, 4) is 0 Å². The second-order valence-corrected chi connectivity index (χ2v) is 9.25. The summed E-state index contributed by atoms with van der Waals surface area (Å²) in [4.78, 5) is 21.7. The predicted octanol–water partition coefficient (Wildman–Crippen LogP) is 4.78. The second-order valence-electron chi connectivity index (χ2n) is 8.81. The SMILES string of the molecule is COCC[C@H]1CN(C(c2ccc(Cl)cc2)c2ccccn2)CCN1C(=O)OC(C)(C)C. The van der Waals surface area contributed by atoms with Crippen LogP contribution in [0.25, 0.3) is 0 Å². The molecule has 0 spiro atoms.